The minimum absolute atomic E-state index is 0.250. The molecule has 0 aromatic heterocycles. The van der Waals surface area contributed by atoms with E-state index in [-0.39, 0.29) is 12.2 Å². The lowest BCUT2D eigenvalue weighted by Gasteiger charge is -2.29. The molecular weight excluding hydrogens is 240 g/mol. The predicted molar refractivity (Wildman–Crippen MR) is 71.4 cm³/mol. The van der Waals surface area contributed by atoms with Crippen molar-refractivity contribution in [2.75, 3.05) is 6.61 Å². The molecule has 2 rings (SSSR count). The number of rotatable bonds is 2. The molecule has 1 saturated carbocycles. The Balaban J connectivity index is 1.90. The molecular formula is C16H14O3. The van der Waals surface area contributed by atoms with Crippen molar-refractivity contribution in [1.29, 1.82) is 0 Å². The fourth-order valence-corrected chi connectivity index (χ4v) is 1.94. The van der Waals surface area contributed by atoms with E-state index in [1.54, 1.807) is 12.1 Å². The van der Waals surface area contributed by atoms with Gasteiger partial charge in [-0.15, -0.1) is 0 Å². The minimum atomic E-state index is -0.942. The lowest BCUT2D eigenvalue weighted by Crippen LogP contribution is -2.25. The first kappa shape index (κ1) is 13.2. The molecule has 0 atom stereocenters. The first-order valence-corrected chi connectivity index (χ1v) is 6.15. The Labute approximate surface area is 112 Å². The Morgan fingerprint density at radius 3 is 2.47 bits per heavy atom. The molecule has 3 heteroatoms. The number of hydrogen-bond acceptors (Lipinski definition) is 2. The van der Waals surface area contributed by atoms with E-state index in [1.165, 1.54) is 12.1 Å². The zero-order chi connectivity index (χ0) is 13.7. The van der Waals surface area contributed by atoms with Gasteiger partial charge in [-0.05, 0) is 54.9 Å². The van der Waals surface area contributed by atoms with Crippen molar-refractivity contribution in [2.24, 2.45) is 11.8 Å². The summed E-state index contributed by atoms with van der Waals surface area (Å²) < 4.78 is 0. The van der Waals surface area contributed by atoms with Crippen molar-refractivity contribution < 1.29 is 15.0 Å². The molecule has 0 saturated heterocycles. The summed E-state index contributed by atoms with van der Waals surface area (Å²) in [5.41, 5.74) is 1.00. The zero-order valence-corrected chi connectivity index (χ0v) is 10.4. The van der Waals surface area contributed by atoms with Crippen LogP contribution in [0.5, 0.6) is 0 Å². The summed E-state index contributed by atoms with van der Waals surface area (Å²) in [4.78, 5) is 10.7. The van der Waals surface area contributed by atoms with Crippen LogP contribution in [0.3, 0.4) is 0 Å². The summed E-state index contributed by atoms with van der Waals surface area (Å²) in [5, 5.41) is 17.6. The average molecular weight is 254 g/mol. The monoisotopic (exact) mass is 254 g/mol. The molecule has 0 aliphatic heterocycles. The molecule has 0 unspecified atom stereocenters. The largest absolute Gasteiger partial charge is 0.478 e. The normalized spacial score (nSPS) is 20.3. The highest BCUT2D eigenvalue weighted by molar-refractivity contribution is 5.87. The van der Waals surface area contributed by atoms with Gasteiger partial charge in [0.2, 0.25) is 0 Å². The number of hydrogen-bond donors (Lipinski definition) is 2. The molecule has 0 amide bonds. The molecule has 0 spiro atoms. The van der Waals surface area contributed by atoms with E-state index < -0.39 is 5.97 Å². The summed E-state index contributed by atoms with van der Waals surface area (Å²) in [6.07, 6.45) is 1.91. The molecule has 19 heavy (non-hydrogen) atoms. The Morgan fingerprint density at radius 2 is 1.89 bits per heavy atom. The summed E-state index contributed by atoms with van der Waals surface area (Å²) >= 11 is 0. The van der Waals surface area contributed by atoms with Crippen molar-refractivity contribution in [3.8, 4) is 23.7 Å². The van der Waals surface area contributed by atoms with Crippen LogP contribution in [-0.4, -0.2) is 22.8 Å². The van der Waals surface area contributed by atoms with Crippen molar-refractivity contribution in [3.63, 3.8) is 0 Å². The highest BCUT2D eigenvalue weighted by atomic mass is 16.4. The number of carboxylic acids is 1. The Kier molecular flexibility index (Phi) is 4.23. The number of carboxylic acid groups (broad SMARTS) is 1. The van der Waals surface area contributed by atoms with Gasteiger partial charge in [0.05, 0.1) is 5.56 Å². The fraction of sp³-hybridized carbons (Fsp3) is 0.312. The van der Waals surface area contributed by atoms with Crippen molar-refractivity contribution in [2.45, 2.75) is 12.8 Å². The van der Waals surface area contributed by atoms with E-state index in [1.807, 2.05) is 0 Å². The van der Waals surface area contributed by atoms with E-state index in [0.29, 0.717) is 11.8 Å². The molecule has 1 fully saturated rings. The Bertz CT molecular complexity index is 572. The van der Waals surface area contributed by atoms with Gasteiger partial charge in [-0.25, -0.2) is 4.79 Å². The SMILES string of the molecule is O=C(O)c1ccc(C#CC#CC2CC(CO)C2)cc1. The third-order valence-electron chi connectivity index (χ3n) is 3.17. The molecule has 3 nitrogen and oxygen atoms in total. The van der Waals surface area contributed by atoms with Gasteiger partial charge in [-0.1, -0.05) is 11.8 Å². The first-order valence-electron chi connectivity index (χ1n) is 6.15. The van der Waals surface area contributed by atoms with Crippen molar-refractivity contribution in [1.82, 2.24) is 0 Å². The van der Waals surface area contributed by atoms with Crippen LogP contribution in [-0.2, 0) is 0 Å². The van der Waals surface area contributed by atoms with Gasteiger partial charge in [0.15, 0.2) is 0 Å². The topological polar surface area (TPSA) is 57.5 Å². The summed E-state index contributed by atoms with van der Waals surface area (Å²) in [5.74, 6) is 11.3. The molecule has 1 aliphatic carbocycles. The standard InChI is InChI=1S/C16H14O3/c17-11-14-9-13(10-14)4-2-1-3-12-5-7-15(8-6-12)16(18)19/h5-8,13-14,17H,9-11H2,(H,18,19). The van der Waals surface area contributed by atoms with Gasteiger partial charge >= 0.3 is 5.97 Å². The Hall–Kier alpha value is -2.23. The van der Waals surface area contributed by atoms with Crippen LogP contribution in [0.15, 0.2) is 24.3 Å². The number of carbonyl (C=O) groups is 1. The third kappa shape index (κ3) is 3.61. The maximum atomic E-state index is 10.7. The summed E-state index contributed by atoms with van der Waals surface area (Å²) in [6.45, 7) is 0.250. The second-order valence-electron chi connectivity index (χ2n) is 4.62. The summed E-state index contributed by atoms with van der Waals surface area (Å²) in [6, 6.07) is 6.39. The molecule has 96 valence electrons. The molecule has 2 N–H and O–H groups in total. The second-order valence-corrected chi connectivity index (χ2v) is 4.62. The smallest absolute Gasteiger partial charge is 0.335 e. The van der Waals surface area contributed by atoms with Crippen molar-refractivity contribution in [3.05, 3.63) is 35.4 Å². The quantitative estimate of drug-likeness (QED) is 0.791. The predicted octanol–water partition coefficient (Wildman–Crippen LogP) is 1.76. The Morgan fingerprint density at radius 1 is 1.21 bits per heavy atom. The van der Waals surface area contributed by atoms with Gasteiger partial charge in [0.25, 0.3) is 0 Å². The number of benzene rings is 1. The van der Waals surface area contributed by atoms with Crippen LogP contribution in [0, 0.1) is 35.5 Å². The molecule has 1 aromatic rings. The van der Waals surface area contributed by atoms with E-state index in [4.69, 9.17) is 10.2 Å². The molecule has 0 heterocycles. The van der Waals surface area contributed by atoms with Crippen LogP contribution < -0.4 is 0 Å². The van der Waals surface area contributed by atoms with Gasteiger partial charge in [0, 0.05) is 18.1 Å². The third-order valence-corrected chi connectivity index (χ3v) is 3.17. The zero-order valence-electron chi connectivity index (χ0n) is 10.4. The number of aliphatic hydroxyl groups excluding tert-OH is 1. The molecule has 1 aromatic carbocycles. The van der Waals surface area contributed by atoms with Crippen LogP contribution in [0.1, 0.15) is 28.8 Å². The minimum Gasteiger partial charge on any atom is -0.478 e. The highest BCUT2D eigenvalue weighted by Gasteiger charge is 2.26. The molecule has 0 bridgehead atoms. The van der Waals surface area contributed by atoms with E-state index in [2.05, 4.69) is 23.7 Å². The van der Waals surface area contributed by atoms with Gasteiger partial charge in [0.1, 0.15) is 0 Å². The second kappa shape index (κ2) is 6.09. The first-order chi connectivity index (χ1) is 9.19. The fourth-order valence-electron chi connectivity index (χ4n) is 1.94. The van der Waals surface area contributed by atoms with Gasteiger partial charge < -0.3 is 10.2 Å². The van der Waals surface area contributed by atoms with Crippen LogP contribution in [0.4, 0.5) is 0 Å². The maximum absolute atomic E-state index is 10.7. The van der Waals surface area contributed by atoms with E-state index in [9.17, 15) is 4.79 Å². The lowest BCUT2D eigenvalue weighted by atomic mass is 9.76. The molecule has 0 radical (unpaired) electrons. The molecule has 1 aliphatic rings. The van der Waals surface area contributed by atoms with Crippen molar-refractivity contribution >= 4 is 5.97 Å². The van der Waals surface area contributed by atoms with E-state index >= 15 is 0 Å². The highest BCUT2D eigenvalue weighted by Crippen LogP contribution is 2.32. The van der Waals surface area contributed by atoms with Crippen LogP contribution in [0.2, 0.25) is 0 Å². The van der Waals surface area contributed by atoms with Crippen LogP contribution >= 0.6 is 0 Å². The number of aliphatic hydroxyl groups is 1. The van der Waals surface area contributed by atoms with Gasteiger partial charge in [-0.3, -0.25) is 0 Å². The summed E-state index contributed by atoms with van der Waals surface area (Å²) in [7, 11) is 0. The van der Waals surface area contributed by atoms with E-state index in [0.717, 1.165) is 18.4 Å². The lowest BCUT2D eigenvalue weighted by molar-refractivity contribution is 0.0697. The maximum Gasteiger partial charge on any atom is 0.335 e. The van der Waals surface area contributed by atoms with Gasteiger partial charge in [-0.2, -0.15) is 0 Å². The van der Waals surface area contributed by atoms with Crippen LogP contribution in [0.25, 0.3) is 0 Å². The average Bonchev–Trinajstić information content (AvgIpc) is 2.37. The number of aromatic carboxylic acids is 1.